The van der Waals surface area contributed by atoms with Crippen molar-refractivity contribution in [1.29, 1.82) is 0 Å². The van der Waals surface area contributed by atoms with Crippen LogP contribution in [0.15, 0.2) is 42.5 Å². The molecule has 6 nitrogen and oxygen atoms in total. The Bertz CT molecular complexity index is 856. The second kappa shape index (κ2) is 7.70. The third-order valence-electron chi connectivity index (χ3n) is 3.86. The summed E-state index contributed by atoms with van der Waals surface area (Å²) in [4.78, 5) is 19.5. The lowest BCUT2D eigenvalue weighted by atomic mass is 10.1. The highest BCUT2D eigenvalue weighted by Gasteiger charge is 2.09. The number of hydrogen-bond acceptors (Lipinski definition) is 5. The smallest absolute Gasteiger partial charge is 0.338 e. The first kappa shape index (κ1) is 16.8. The molecule has 6 heteroatoms. The topological polar surface area (TPSA) is 76.2 Å². The van der Waals surface area contributed by atoms with Gasteiger partial charge in [0.05, 0.1) is 30.3 Å². The molecule has 0 atom stereocenters. The van der Waals surface area contributed by atoms with Crippen molar-refractivity contribution in [2.45, 2.75) is 13.3 Å². The van der Waals surface area contributed by atoms with Crippen molar-refractivity contribution in [2.75, 3.05) is 25.6 Å². The van der Waals surface area contributed by atoms with Crippen molar-refractivity contribution >= 4 is 23.0 Å². The average molecular weight is 339 g/mol. The molecule has 0 aliphatic heterocycles. The number of hydrogen-bond donors (Lipinski definition) is 2. The number of aromatic amines is 1. The second-order valence-electron chi connectivity index (χ2n) is 5.56. The fraction of sp³-hybridized carbons (Fsp3) is 0.263. The highest BCUT2D eigenvalue weighted by Crippen LogP contribution is 2.17. The molecule has 130 valence electrons. The maximum atomic E-state index is 11.8. The van der Waals surface area contributed by atoms with Crippen molar-refractivity contribution in [3.05, 3.63) is 53.6 Å². The van der Waals surface area contributed by atoms with E-state index < -0.39 is 0 Å². The summed E-state index contributed by atoms with van der Waals surface area (Å²) >= 11 is 0. The number of anilines is 1. The Labute approximate surface area is 146 Å². The zero-order valence-electron chi connectivity index (χ0n) is 14.3. The number of esters is 1. The molecule has 0 amide bonds. The third-order valence-corrected chi connectivity index (χ3v) is 3.86. The van der Waals surface area contributed by atoms with E-state index in [1.807, 2.05) is 30.3 Å². The van der Waals surface area contributed by atoms with Crippen LogP contribution in [0.25, 0.3) is 11.0 Å². The van der Waals surface area contributed by atoms with E-state index in [0.717, 1.165) is 29.7 Å². The van der Waals surface area contributed by atoms with Crippen molar-refractivity contribution in [3.63, 3.8) is 0 Å². The van der Waals surface area contributed by atoms with Crippen molar-refractivity contribution in [2.24, 2.45) is 0 Å². The molecule has 1 heterocycles. The van der Waals surface area contributed by atoms with Gasteiger partial charge in [-0.2, -0.15) is 0 Å². The highest BCUT2D eigenvalue weighted by molar-refractivity contribution is 5.94. The summed E-state index contributed by atoms with van der Waals surface area (Å²) < 4.78 is 10.2. The summed E-state index contributed by atoms with van der Waals surface area (Å²) in [7, 11) is 1.66. The number of aromatic nitrogens is 2. The summed E-state index contributed by atoms with van der Waals surface area (Å²) in [6.07, 6.45) is 0.870. The van der Waals surface area contributed by atoms with Gasteiger partial charge < -0.3 is 19.8 Å². The van der Waals surface area contributed by atoms with E-state index in [1.165, 1.54) is 5.56 Å². The summed E-state index contributed by atoms with van der Waals surface area (Å²) in [5.74, 6) is 1.21. The molecule has 3 rings (SSSR count). The molecule has 0 radical (unpaired) electrons. The fourth-order valence-corrected chi connectivity index (χ4v) is 2.55. The summed E-state index contributed by atoms with van der Waals surface area (Å²) in [6.45, 7) is 2.90. The molecule has 0 bridgehead atoms. The van der Waals surface area contributed by atoms with E-state index in [0.29, 0.717) is 18.1 Å². The van der Waals surface area contributed by atoms with Crippen molar-refractivity contribution in [3.8, 4) is 5.75 Å². The van der Waals surface area contributed by atoms with E-state index in [2.05, 4.69) is 15.3 Å². The Balaban J connectivity index is 1.62. The number of H-pyrrole nitrogens is 1. The molecule has 0 saturated heterocycles. The van der Waals surface area contributed by atoms with E-state index in [1.54, 1.807) is 26.2 Å². The largest absolute Gasteiger partial charge is 0.497 e. The molecule has 0 unspecified atom stereocenters. The van der Waals surface area contributed by atoms with Gasteiger partial charge in [-0.05, 0) is 49.2 Å². The Morgan fingerprint density at radius 2 is 2.00 bits per heavy atom. The predicted molar refractivity (Wildman–Crippen MR) is 97.2 cm³/mol. The number of carbonyl (C=O) groups is 1. The van der Waals surface area contributed by atoms with Gasteiger partial charge in [-0.25, -0.2) is 9.78 Å². The number of fused-ring (bicyclic) bond motifs is 1. The summed E-state index contributed by atoms with van der Waals surface area (Å²) in [5.41, 5.74) is 3.34. The van der Waals surface area contributed by atoms with Crippen LogP contribution < -0.4 is 10.1 Å². The van der Waals surface area contributed by atoms with Crippen LogP contribution in [0.4, 0.5) is 5.95 Å². The Kier molecular flexibility index (Phi) is 5.18. The standard InChI is InChI=1S/C19H21N3O3/c1-3-25-18(23)14-6-9-16-17(12-14)22-19(21-16)20-11-10-13-4-7-15(24-2)8-5-13/h4-9,12H,3,10-11H2,1-2H3,(H2,20,21,22). The molecule has 25 heavy (non-hydrogen) atoms. The van der Waals surface area contributed by atoms with Crippen molar-refractivity contribution < 1.29 is 14.3 Å². The number of rotatable bonds is 7. The summed E-state index contributed by atoms with van der Waals surface area (Å²) in [5, 5.41) is 3.27. The number of carbonyl (C=O) groups excluding carboxylic acids is 1. The van der Waals surface area contributed by atoms with Crippen LogP contribution in [0.5, 0.6) is 5.75 Å². The molecule has 0 aliphatic rings. The van der Waals surface area contributed by atoms with Crippen LogP contribution in [0, 0.1) is 0 Å². The first-order valence-electron chi connectivity index (χ1n) is 8.23. The van der Waals surface area contributed by atoms with Gasteiger partial charge in [0.2, 0.25) is 5.95 Å². The van der Waals surface area contributed by atoms with Gasteiger partial charge in [0, 0.05) is 6.54 Å². The maximum absolute atomic E-state index is 11.8. The third kappa shape index (κ3) is 4.09. The predicted octanol–water partition coefficient (Wildman–Crippen LogP) is 3.40. The van der Waals surface area contributed by atoms with Gasteiger partial charge in [-0.15, -0.1) is 0 Å². The molecule has 0 spiro atoms. The van der Waals surface area contributed by atoms with Crippen LogP contribution in [-0.4, -0.2) is 36.2 Å². The van der Waals surface area contributed by atoms with Crippen LogP contribution in [0.1, 0.15) is 22.8 Å². The normalized spacial score (nSPS) is 10.6. The minimum absolute atomic E-state index is 0.326. The quantitative estimate of drug-likeness (QED) is 0.645. The van der Waals surface area contributed by atoms with Crippen LogP contribution in [0.2, 0.25) is 0 Å². The van der Waals surface area contributed by atoms with Gasteiger partial charge in [0.15, 0.2) is 0 Å². The summed E-state index contributed by atoms with van der Waals surface area (Å²) in [6, 6.07) is 13.3. The van der Waals surface area contributed by atoms with Crippen LogP contribution in [-0.2, 0) is 11.2 Å². The van der Waals surface area contributed by atoms with Crippen LogP contribution in [0.3, 0.4) is 0 Å². The monoisotopic (exact) mass is 339 g/mol. The Morgan fingerprint density at radius 3 is 2.72 bits per heavy atom. The molecule has 2 N–H and O–H groups in total. The van der Waals surface area contributed by atoms with Gasteiger partial charge in [0.25, 0.3) is 0 Å². The first-order chi connectivity index (χ1) is 12.2. The van der Waals surface area contributed by atoms with Gasteiger partial charge >= 0.3 is 5.97 Å². The van der Waals surface area contributed by atoms with Crippen LogP contribution >= 0.6 is 0 Å². The average Bonchev–Trinajstić information content (AvgIpc) is 3.04. The molecular formula is C19H21N3O3. The lowest BCUT2D eigenvalue weighted by molar-refractivity contribution is 0.0526. The number of benzene rings is 2. The van der Waals surface area contributed by atoms with E-state index >= 15 is 0 Å². The minimum atomic E-state index is -0.326. The first-order valence-corrected chi connectivity index (χ1v) is 8.23. The molecule has 1 aromatic heterocycles. The molecular weight excluding hydrogens is 318 g/mol. The Hall–Kier alpha value is -3.02. The zero-order chi connectivity index (χ0) is 17.6. The number of methoxy groups -OCH3 is 1. The molecule has 0 fully saturated rings. The van der Waals surface area contributed by atoms with Crippen molar-refractivity contribution in [1.82, 2.24) is 9.97 Å². The SMILES string of the molecule is CCOC(=O)c1ccc2nc(NCCc3ccc(OC)cc3)[nH]c2c1. The molecule has 2 aromatic carbocycles. The zero-order valence-corrected chi connectivity index (χ0v) is 14.3. The maximum Gasteiger partial charge on any atom is 0.338 e. The van der Waals surface area contributed by atoms with Gasteiger partial charge in [-0.3, -0.25) is 0 Å². The number of nitrogens with one attached hydrogen (secondary N) is 2. The van der Waals surface area contributed by atoms with E-state index in [9.17, 15) is 4.79 Å². The number of ether oxygens (including phenoxy) is 2. The lowest BCUT2D eigenvalue weighted by Gasteiger charge is -2.04. The molecule has 3 aromatic rings. The minimum Gasteiger partial charge on any atom is -0.497 e. The highest BCUT2D eigenvalue weighted by atomic mass is 16.5. The van der Waals surface area contributed by atoms with E-state index in [-0.39, 0.29) is 5.97 Å². The molecule has 0 aliphatic carbocycles. The molecule has 0 saturated carbocycles. The van der Waals surface area contributed by atoms with Gasteiger partial charge in [-0.1, -0.05) is 12.1 Å². The second-order valence-corrected chi connectivity index (χ2v) is 5.56. The van der Waals surface area contributed by atoms with E-state index in [4.69, 9.17) is 9.47 Å². The number of imidazole rings is 1. The fourth-order valence-electron chi connectivity index (χ4n) is 2.55. The lowest BCUT2D eigenvalue weighted by Crippen LogP contribution is -2.06. The van der Waals surface area contributed by atoms with Gasteiger partial charge in [0.1, 0.15) is 5.75 Å². The Morgan fingerprint density at radius 1 is 1.20 bits per heavy atom. The number of nitrogens with zero attached hydrogens (tertiary/aromatic N) is 1.